The van der Waals surface area contributed by atoms with Gasteiger partial charge in [0, 0.05) is 49.5 Å². The van der Waals surface area contributed by atoms with Gasteiger partial charge in [-0.25, -0.2) is 13.8 Å². The van der Waals surface area contributed by atoms with Gasteiger partial charge in [0.05, 0.1) is 42.1 Å². The number of carbonyl (C=O) groups is 2. The first kappa shape index (κ1) is 32.6. The minimum absolute atomic E-state index is 0.00768. The molecular formula is C32H33F5N6O3. The van der Waals surface area contributed by atoms with E-state index in [1.54, 1.807) is 30.0 Å². The SMILES string of the molecule is CCOc1ncccc1-c1ccc(N2CCN(C(=O)c3ccc(F)cc3C(F)(F)F)C[C@H]2CC)c(C(=O)NCC2=NCCN2)c1F. The number of halogens is 5. The summed E-state index contributed by atoms with van der Waals surface area (Å²) in [5.74, 6) is -2.73. The van der Waals surface area contributed by atoms with Crippen LogP contribution in [-0.2, 0) is 6.18 Å². The largest absolute Gasteiger partial charge is 0.478 e. The lowest BCUT2D eigenvalue weighted by atomic mass is 9.97. The van der Waals surface area contributed by atoms with E-state index in [0.717, 1.165) is 12.1 Å². The van der Waals surface area contributed by atoms with Gasteiger partial charge in [0.25, 0.3) is 11.8 Å². The van der Waals surface area contributed by atoms with Gasteiger partial charge in [0.15, 0.2) is 0 Å². The van der Waals surface area contributed by atoms with Crippen LogP contribution >= 0.6 is 0 Å². The summed E-state index contributed by atoms with van der Waals surface area (Å²) in [5.41, 5.74) is -1.53. The number of nitrogens with one attached hydrogen (secondary N) is 2. The second-order valence-corrected chi connectivity index (χ2v) is 10.7. The molecular weight excluding hydrogens is 611 g/mol. The average Bonchev–Trinajstić information content (AvgIpc) is 3.57. The maximum atomic E-state index is 16.6. The van der Waals surface area contributed by atoms with Crippen molar-refractivity contribution in [2.24, 2.45) is 4.99 Å². The van der Waals surface area contributed by atoms with Crippen LogP contribution in [0.1, 0.15) is 46.5 Å². The molecule has 2 N–H and O–H groups in total. The Hall–Kier alpha value is -4.75. The van der Waals surface area contributed by atoms with Gasteiger partial charge in [-0.05, 0) is 55.8 Å². The maximum Gasteiger partial charge on any atom is 0.417 e. The van der Waals surface area contributed by atoms with Gasteiger partial charge in [-0.2, -0.15) is 13.2 Å². The summed E-state index contributed by atoms with van der Waals surface area (Å²) < 4.78 is 76.9. The Kier molecular flexibility index (Phi) is 9.73. The van der Waals surface area contributed by atoms with Gasteiger partial charge in [0.2, 0.25) is 5.88 Å². The highest BCUT2D eigenvalue weighted by Crippen LogP contribution is 2.38. The number of piperazine rings is 1. The smallest absolute Gasteiger partial charge is 0.417 e. The third kappa shape index (κ3) is 6.75. The van der Waals surface area contributed by atoms with Crippen molar-refractivity contribution < 1.29 is 36.3 Å². The Morgan fingerprint density at radius 3 is 2.59 bits per heavy atom. The molecule has 2 aliphatic rings. The van der Waals surface area contributed by atoms with Crippen LogP contribution in [0.3, 0.4) is 0 Å². The topological polar surface area (TPSA) is 99.2 Å². The van der Waals surface area contributed by atoms with Gasteiger partial charge < -0.3 is 25.2 Å². The van der Waals surface area contributed by atoms with E-state index in [1.165, 1.54) is 17.2 Å². The number of ether oxygens (including phenoxy) is 1. The number of aromatic nitrogens is 1. The predicted molar refractivity (Wildman–Crippen MR) is 162 cm³/mol. The van der Waals surface area contributed by atoms with Crippen LogP contribution in [0.4, 0.5) is 27.6 Å². The molecule has 3 heterocycles. The number of carbonyl (C=O) groups excluding carboxylic acids is 2. The van der Waals surface area contributed by atoms with E-state index in [0.29, 0.717) is 37.0 Å². The molecule has 3 aromatic rings. The molecule has 0 aliphatic carbocycles. The molecule has 9 nitrogen and oxygen atoms in total. The molecule has 2 aliphatic heterocycles. The summed E-state index contributed by atoms with van der Waals surface area (Å²) in [4.78, 5) is 38.6. The maximum absolute atomic E-state index is 16.6. The number of hydrogen-bond acceptors (Lipinski definition) is 7. The lowest BCUT2D eigenvalue weighted by Crippen LogP contribution is -2.55. The first-order valence-corrected chi connectivity index (χ1v) is 14.9. The Labute approximate surface area is 262 Å². The standard InChI is InChI=1S/C32H33F5N6O3/c1-3-20-18-42(31(45)23-8-7-19(33)16-24(23)32(35,36)37)14-15-43(20)25-10-9-21(22-6-5-11-40-30(22)46-4-2)28(34)27(25)29(44)41-17-26-38-12-13-39-26/h5-11,16,20H,3-4,12-15,17-18H2,1-2H3,(H,38,39)(H,41,44)/t20-/m1/s1. The Morgan fingerprint density at radius 2 is 1.89 bits per heavy atom. The summed E-state index contributed by atoms with van der Waals surface area (Å²) >= 11 is 0. The van der Waals surface area contributed by atoms with Crippen molar-refractivity contribution >= 4 is 23.3 Å². The van der Waals surface area contributed by atoms with Crippen molar-refractivity contribution in [1.82, 2.24) is 20.5 Å². The molecule has 0 spiro atoms. The minimum atomic E-state index is -4.93. The van der Waals surface area contributed by atoms with Crippen molar-refractivity contribution in [3.05, 3.63) is 77.0 Å². The van der Waals surface area contributed by atoms with E-state index in [1.807, 2.05) is 6.92 Å². The van der Waals surface area contributed by atoms with Gasteiger partial charge >= 0.3 is 6.18 Å². The normalized spacial score (nSPS) is 16.6. The number of aliphatic imine (C=N–C) groups is 1. The highest BCUT2D eigenvalue weighted by Gasteiger charge is 2.39. The van der Waals surface area contributed by atoms with E-state index in [-0.39, 0.29) is 55.5 Å². The first-order chi connectivity index (χ1) is 22.0. The van der Waals surface area contributed by atoms with Crippen LogP contribution in [0, 0.1) is 11.6 Å². The third-order valence-corrected chi connectivity index (χ3v) is 7.92. The van der Waals surface area contributed by atoms with Gasteiger partial charge in [-0.1, -0.05) is 6.92 Å². The Balaban J connectivity index is 1.49. The molecule has 1 aromatic heterocycles. The van der Waals surface area contributed by atoms with E-state index in [2.05, 4.69) is 20.6 Å². The van der Waals surface area contributed by atoms with Crippen molar-refractivity contribution in [1.29, 1.82) is 0 Å². The van der Waals surface area contributed by atoms with Crippen LogP contribution in [0.25, 0.3) is 11.1 Å². The molecule has 14 heteroatoms. The molecule has 2 amide bonds. The van der Waals surface area contributed by atoms with Crippen LogP contribution in [-0.4, -0.2) is 79.5 Å². The van der Waals surface area contributed by atoms with E-state index < -0.39 is 46.8 Å². The van der Waals surface area contributed by atoms with E-state index >= 15 is 4.39 Å². The fourth-order valence-corrected chi connectivity index (χ4v) is 5.71. The lowest BCUT2D eigenvalue weighted by Gasteiger charge is -2.43. The number of amides is 2. The number of benzene rings is 2. The summed E-state index contributed by atoms with van der Waals surface area (Å²) in [6, 6.07) is 7.89. The quantitative estimate of drug-likeness (QED) is 0.321. The molecule has 0 radical (unpaired) electrons. The fraction of sp³-hybridized carbons (Fsp3) is 0.375. The second kappa shape index (κ2) is 13.7. The number of amidine groups is 1. The number of nitrogens with zero attached hydrogens (tertiary/aromatic N) is 4. The first-order valence-electron chi connectivity index (χ1n) is 14.9. The van der Waals surface area contributed by atoms with E-state index in [9.17, 15) is 27.2 Å². The monoisotopic (exact) mass is 644 g/mol. The summed E-state index contributed by atoms with van der Waals surface area (Å²) in [5, 5.41) is 5.79. The second-order valence-electron chi connectivity index (χ2n) is 10.7. The molecule has 2 aromatic carbocycles. The molecule has 0 unspecified atom stereocenters. The molecule has 244 valence electrons. The molecule has 1 atom stereocenters. The van der Waals surface area contributed by atoms with E-state index in [4.69, 9.17) is 4.74 Å². The number of alkyl halides is 3. The lowest BCUT2D eigenvalue weighted by molar-refractivity contribution is -0.138. The zero-order valence-electron chi connectivity index (χ0n) is 25.3. The highest BCUT2D eigenvalue weighted by molar-refractivity contribution is 6.03. The average molecular weight is 645 g/mol. The third-order valence-electron chi connectivity index (χ3n) is 7.92. The summed E-state index contributed by atoms with van der Waals surface area (Å²) in [7, 11) is 0. The summed E-state index contributed by atoms with van der Waals surface area (Å²) in [6.45, 7) is 5.19. The van der Waals surface area contributed by atoms with Crippen molar-refractivity contribution in [3.8, 4) is 17.0 Å². The molecule has 0 saturated carbocycles. The number of rotatable bonds is 9. The van der Waals surface area contributed by atoms with Gasteiger partial charge in [0.1, 0.15) is 17.5 Å². The van der Waals surface area contributed by atoms with Crippen LogP contribution in [0.5, 0.6) is 5.88 Å². The predicted octanol–water partition coefficient (Wildman–Crippen LogP) is 4.92. The van der Waals surface area contributed by atoms with Crippen molar-refractivity contribution in [2.75, 3.05) is 50.8 Å². The number of pyridine rings is 1. The van der Waals surface area contributed by atoms with Gasteiger partial charge in [-0.3, -0.25) is 14.6 Å². The zero-order valence-corrected chi connectivity index (χ0v) is 25.3. The van der Waals surface area contributed by atoms with Crippen molar-refractivity contribution in [2.45, 2.75) is 32.5 Å². The number of anilines is 1. The fourth-order valence-electron chi connectivity index (χ4n) is 5.71. The minimum Gasteiger partial charge on any atom is -0.478 e. The zero-order chi connectivity index (χ0) is 33.0. The van der Waals surface area contributed by atoms with Gasteiger partial charge in [-0.15, -0.1) is 0 Å². The Bertz CT molecular complexity index is 1650. The van der Waals surface area contributed by atoms with Crippen LogP contribution in [0.2, 0.25) is 0 Å². The summed E-state index contributed by atoms with van der Waals surface area (Å²) in [6.07, 6.45) is -3.00. The van der Waals surface area contributed by atoms with Crippen LogP contribution < -0.4 is 20.3 Å². The number of hydrogen-bond donors (Lipinski definition) is 2. The van der Waals surface area contributed by atoms with Crippen LogP contribution in [0.15, 0.2) is 53.7 Å². The molecule has 1 fully saturated rings. The highest BCUT2D eigenvalue weighted by atomic mass is 19.4. The molecule has 1 saturated heterocycles. The molecule has 5 rings (SSSR count). The Morgan fingerprint density at radius 1 is 1.09 bits per heavy atom. The molecule has 46 heavy (non-hydrogen) atoms. The molecule has 0 bridgehead atoms. The van der Waals surface area contributed by atoms with Crippen molar-refractivity contribution in [3.63, 3.8) is 0 Å².